The van der Waals surface area contributed by atoms with Crippen molar-refractivity contribution in [2.24, 2.45) is 0 Å². The summed E-state index contributed by atoms with van der Waals surface area (Å²) in [7, 11) is 1.41. The van der Waals surface area contributed by atoms with Crippen molar-refractivity contribution < 1.29 is 29.0 Å². The van der Waals surface area contributed by atoms with Crippen molar-refractivity contribution in [3.63, 3.8) is 0 Å². The predicted molar refractivity (Wildman–Crippen MR) is 182 cm³/mol. The smallest absolute Gasteiger partial charge is 0.409 e. The average Bonchev–Trinajstić information content (AvgIpc) is 3.05. The Balaban J connectivity index is 1.38. The number of hydrogen-bond donors (Lipinski definition) is 5. The third-order valence-electron chi connectivity index (χ3n) is 7.99. The number of carbonyl (C=O) groups excluding carboxylic acids is 2. The molecule has 1 aromatic heterocycles. The Morgan fingerprint density at radius 1 is 0.979 bits per heavy atom. The lowest BCUT2D eigenvalue weighted by molar-refractivity contribution is 0.0695. The van der Waals surface area contributed by atoms with Crippen LogP contribution in [0.3, 0.4) is 0 Å². The second kappa shape index (κ2) is 14.0. The van der Waals surface area contributed by atoms with E-state index in [9.17, 15) is 19.5 Å². The van der Waals surface area contributed by atoms with E-state index in [4.69, 9.17) is 9.47 Å². The van der Waals surface area contributed by atoms with Gasteiger partial charge in [0.15, 0.2) is 5.75 Å². The highest BCUT2D eigenvalue weighted by molar-refractivity contribution is 6.08. The van der Waals surface area contributed by atoms with Crippen LogP contribution >= 0.6 is 0 Å². The maximum atomic E-state index is 13.3. The van der Waals surface area contributed by atoms with Crippen LogP contribution in [0.4, 0.5) is 26.7 Å². The minimum Gasteiger partial charge on any atom is -0.492 e. The number of amides is 4. The number of nitrogens with one attached hydrogen (secondary N) is 4. The normalized spacial score (nSPS) is 14.7. The second-order valence-electron chi connectivity index (χ2n) is 12.3. The molecule has 4 amide bonds. The summed E-state index contributed by atoms with van der Waals surface area (Å²) in [5.74, 6) is 1.04. The molecule has 4 aromatic rings. The molecular weight excluding hydrogens is 600 g/mol. The lowest BCUT2D eigenvalue weighted by atomic mass is 9.86. The first-order valence-electron chi connectivity index (χ1n) is 15.5. The van der Waals surface area contributed by atoms with E-state index in [-0.39, 0.29) is 28.8 Å². The summed E-state index contributed by atoms with van der Waals surface area (Å²) in [4.78, 5) is 44.2. The van der Waals surface area contributed by atoms with Crippen LogP contribution in [0.25, 0.3) is 10.8 Å². The van der Waals surface area contributed by atoms with Crippen molar-refractivity contribution in [1.29, 1.82) is 0 Å². The number of carbonyl (C=O) groups is 3. The van der Waals surface area contributed by atoms with E-state index in [0.29, 0.717) is 41.7 Å². The molecule has 0 radical (unpaired) electrons. The number of benzene rings is 3. The summed E-state index contributed by atoms with van der Waals surface area (Å²) < 4.78 is 11.8. The molecule has 0 saturated carbocycles. The fourth-order valence-electron chi connectivity index (χ4n) is 5.49. The topological polar surface area (TPSA) is 154 Å². The number of methoxy groups -OCH3 is 1. The van der Waals surface area contributed by atoms with E-state index in [1.165, 1.54) is 7.11 Å². The molecule has 5 rings (SSSR count). The van der Waals surface area contributed by atoms with Gasteiger partial charge in [0.1, 0.15) is 17.2 Å². The molecule has 0 bridgehead atoms. The Labute approximate surface area is 273 Å². The van der Waals surface area contributed by atoms with Crippen molar-refractivity contribution >= 4 is 45.9 Å². The second-order valence-corrected chi connectivity index (χ2v) is 12.3. The van der Waals surface area contributed by atoms with E-state index < -0.39 is 12.1 Å². The SMILES string of the molecule is CCC1CN(C(=O)c2cc(Oc3ccc(NC(=O)Nc4cc(C(C)(C)C)cc(NC(=O)O)c4OC)c4ccccc34)ccn2)CCN1. The number of pyridine rings is 1. The van der Waals surface area contributed by atoms with E-state index in [1.54, 1.807) is 42.6 Å². The minimum atomic E-state index is -1.25. The molecule has 246 valence electrons. The number of anilines is 3. The summed E-state index contributed by atoms with van der Waals surface area (Å²) in [5, 5.41) is 22.3. The Kier molecular flexibility index (Phi) is 9.80. The van der Waals surface area contributed by atoms with Gasteiger partial charge in [-0.3, -0.25) is 15.1 Å². The zero-order valence-corrected chi connectivity index (χ0v) is 27.1. The van der Waals surface area contributed by atoms with Gasteiger partial charge in [-0.05, 0) is 47.7 Å². The van der Waals surface area contributed by atoms with Gasteiger partial charge in [0.25, 0.3) is 5.91 Å². The molecule has 0 aliphatic carbocycles. The van der Waals surface area contributed by atoms with Crippen molar-refractivity contribution in [2.45, 2.75) is 45.6 Å². The van der Waals surface area contributed by atoms with Crippen molar-refractivity contribution in [1.82, 2.24) is 15.2 Å². The van der Waals surface area contributed by atoms with E-state index in [0.717, 1.165) is 29.3 Å². The Bertz CT molecular complexity index is 1800. The molecule has 12 nitrogen and oxygen atoms in total. The predicted octanol–water partition coefficient (Wildman–Crippen LogP) is 6.89. The van der Waals surface area contributed by atoms with Gasteiger partial charge in [-0.1, -0.05) is 52.0 Å². The maximum absolute atomic E-state index is 13.3. The molecule has 1 atom stereocenters. The molecule has 0 spiro atoms. The molecule has 1 aliphatic rings. The van der Waals surface area contributed by atoms with Crippen LogP contribution in [0.15, 0.2) is 66.9 Å². The molecular formula is C35H40N6O6. The highest BCUT2D eigenvalue weighted by Gasteiger charge is 2.25. The molecule has 2 heterocycles. The molecule has 3 aromatic carbocycles. The number of hydrogen-bond acceptors (Lipinski definition) is 7. The summed E-state index contributed by atoms with van der Waals surface area (Å²) >= 11 is 0. The summed E-state index contributed by atoms with van der Waals surface area (Å²) in [6, 6.07) is 17.5. The quantitative estimate of drug-likeness (QED) is 0.140. The molecule has 5 N–H and O–H groups in total. The first kappa shape index (κ1) is 33.0. The summed E-state index contributed by atoms with van der Waals surface area (Å²) in [5.41, 5.74) is 1.81. The first-order chi connectivity index (χ1) is 22.5. The Morgan fingerprint density at radius 3 is 2.36 bits per heavy atom. The standard InChI is InChI=1S/C35H40N6O6/c1-6-22-20-41(16-15-36-22)32(42)29-19-23(13-14-37-29)47-30-12-11-26(24-9-7-8-10-25(24)30)38-33(43)39-27-17-21(35(2,3)4)18-28(31(27)46-5)40-34(44)45/h7-14,17-19,22,36,40H,6,15-16,20H2,1-5H3,(H,44,45)(H2,38,39,43). The Morgan fingerprint density at radius 2 is 1.68 bits per heavy atom. The Hall–Kier alpha value is -5.36. The van der Waals surface area contributed by atoms with Crippen LogP contribution in [0.2, 0.25) is 0 Å². The molecule has 1 fully saturated rings. The van der Waals surface area contributed by atoms with Crippen LogP contribution in [-0.4, -0.2) is 65.8 Å². The van der Waals surface area contributed by atoms with E-state index in [1.807, 2.05) is 49.9 Å². The van der Waals surface area contributed by atoms with E-state index in [2.05, 4.69) is 33.2 Å². The van der Waals surface area contributed by atoms with Gasteiger partial charge in [0.05, 0.1) is 24.2 Å². The monoisotopic (exact) mass is 640 g/mol. The van der Waals surface area contributed by atoms with Crippen LogP contribution in [0.1, 0.15) is 50.2 Å². The number of piperazine rings is 1. The minimum absolute atomic E-state index is 0.138. The van der Waals surface area contributed by atoms with E-state index >= 15 is 0 Å². The van der Waals surface area contributed by atoms with Crippen LogP contribution in [0, 0.1) is 0 Å². The summed E-state index contributed by atoms with van der Waals surface area (Å²) in [6.07, 6.45) is 1.24. The fraction of sp³-hybridized carbons (Fsp3) is 0.314. The zero-order chi connectivity index (χ0) is 33.7. The largest absolute Gasteiger partial charge is 0.492 e. The highest BCUT2D eigenvalue weighted by Crippen LogP contribution is 2.39. The number of carboxylic acid groups (broad SMARTS) is 1. The molecule has 1 saturated heterocycles. The van der Waals surface area contributed by atoms with Gasteiger partial charge in [-0.25, -0.2) is 9.59 Å². The fourth-order valence-corrected chi connectivity index (χ4v) is 5.49. The lowest BCUT2D eigenvalue weighted by Crippen LogP contribution is -2.52. The molecule has 47 heavy (non-hydrogen) atoms. The maximum Gasteiger partial charge on any atom is 0.409 e. The molecule has 12 heteroatoms. The zero-order valence-electron chi connectivity index (χ0n) is 27.1. The number of nitrogens with zero attached hydrogens (tertiary/aromatic N) is 2. The molecule has 1 unspecified atom stereocenters. The third kappa shape index (κ3) is 7.72. The van der Waals surface area contributed by atoms with Crippen molar-refractivity contribution in [3.05, 3.63) is 78.1 Å². The number of urea groups is 1. The third-order valence-corrected chi connectivity index (χ3v) is 7.99. The van der Waals surface area contributed by atoms with Crippen LogP contribution in [0.5, 0.6) is 17.2 Å². The van der Waals surface area contributed by atoms with Crippen LogP contribution in [-0.2, 0) is 5.41 Å². The molecule has 1 aliphatic heterocycles. The number of fused-ring (bicyclic) bond motifs is 1. The van der Waals surface area contributed by atoms with Gasteiger partial charge in [0.2, 0.25) is 0 Å². The van der Waals surface area contributed by atoms with Gasteiger partial charge in [0, 0.05) is 48.7 Å². The first-order valence-corrected chi connectivity index (χ1v) is 15.5. The van der Waals surface area contributed by atoms with Gasteiger partial charge >= 0.3 is 12.1 Å². The van der Waals surface area contributed by atoms with Crippen molar-refractivity contribution in [3.8, 4) is 17.2 Å². The van der Waals surface area contributed by atoms with Crippen LogP contribution < -0.4 is 30.7 Å². The highest BCUT2D eigenvalue weighted by atomic mass is 16.5. The summed E-state index contributed by atoms with van der Waals surface area (Å²) in [6.45, 7) is 10.0. The van der Waals surface area contributed by atoms with Gasteiger partial charge < -0.3 is 35.4 Å². The van der Waals surface area contributed by atoms with Gasteiger partial charge in [-0.15, -0.1) is 0 Å². The number of rotatable bonds is 8. The number of ether oxygens (including phenoxy) is 2. The lowest BCUT2D eigenvalue weighted by Gasteiger charge is -2.33. The average molecular weight is 641 g/mol. The number of aromatic nitrogens is 1. The van der Waals surface area contributed by atoms with Crippen molar-refractivity contribution in [2.75, 3.05) is 42.7 Å². The van der Waals surface area contributed by atoms with Gasteiger partial charge in [-0.2, -0.15) is 0 Å².